The molecule has 0 radical (unpaired) electrons. The number of benzene rings is 1. The van der Waals surface area contributed by atoms with Gasteiger partial charge in [0, 0.05) is 26.2 Å². The first-order valence-corrected chi connectivity index (χ1v) is 10.0. The Morgan fingerprint density at radius 2 is 1.93 bits per heavy atom. The van der Waals surface area contributed by atoms with Crippen molar-refractivity contribution in [3.63, 3.8) is 0 Å². The molecule has 2 rings (SSSR count). The average Bonchev–Trinajstić information content (AvgIpc) is 2.70. The van der Waals surface area contributed by atoms with Crippen molar-refractivity contribution in [2.24, 2.45) is 10.9 Å². The van der Waals surface area contributed by atoms with Crippen molar-refractivity contribution in [1.29, 1.82) is 0 Å². The van der Waals surface area contributed by atoms with Crippen molar-refractivity contribution in [2.75, 3.05) is 32.8 Å². The van der Waals surface area contributed by atoms with Crippen molar-refractivity contribution >= 4 is 11.9 Å². The van der Waals surface area contributed by atoms with Crippen LogP contribution < -0.4 is 5.32 Å². The zero-order chi connectivity index (χ0) is 19.5. The number of carbonyl (C=O) groups is 1. The largest absolute Gasteiger partial charge is 0.466 e. The number of nitrogens with one attached hydrogen (secondary N) is 1. The normalized spacial score (nSPS) is 17.7. The minimum Gasteiger partial charge on any atom is -0.466 e. The zero-order valence-electron chi connectivity index (χ0n) is 16.9. The monoisotopic (exact) mass is 375 g/mol. The molecule has 0 aliphatic carbocycles. The summed E-state index contributed by atoms with van der Waals surface area (Å²) in [7, 11) is 0. The van der Waals surface area contributed by atoms with Gasteiger partial charge in [0.05, 0.1) is 25.7 Å². The van der Waals surface area contributed by atoms with Crippen LogP contribution in [0.1, 0.15) is 44.7 Å². The highest BCUT2D eigenvalue weighted by atomic mass is 16.5. The fraction of sp³-hybridized carbons (Fsp3) is 0.619. The van der Waals surface area contributed by atoms with Gasteiger partial charge in [-0.15, -0.1) is 0 Å². The molecule has 1 aliphatic rings. The summed E-state index contributed by atoms with van der Waals surface area (Å²) in [5, 5.41) is 3.36. The SMILES string of the molecule is CCNC(=NCc1ccc(COCC)cc1)N1CCCC(C(=O)OCC)C1. The summed E-state index contributed by atoms with van der Waals surface area (Å²) in [4.78, 5) is 19.1. The van der Waals surface area contributed by atoms with Gasteiger partial charge in [-0.3, -0.25) is 4.79 Å². The molecule has 0 bridgehead atoms. The first-order chi connectivity index (χ1) is 13.2. The van der Waals surface area contributed by atoms with Crippen molar-refractivity contribution in [2.45, 2.75) is 46.8 Å². The van der Waals surface area contributed by atoms with Gasteiger partial charge in [0.2, 0.25) is 0 Å². The molecule has 0 amide bonds. The molecule has 1 fully saturated rings. The van der Waals surface area contributed by atoms with Crippen LogP contribution in [0.25, 0.3) is 0 Å². The molecule has 1 aromatic rings. The number of nitrogens with zero attached hydrogens (tertiary/aromatic N) is 2. The number of esters is 1. The molecule has 0 aromatic heterocycles. The number of piperidine rings is 1. The summed E-state index contributed by atoms with van der Waals surface area (Å²) in [6.45, 7) is 10.7. The maximum Gasteiger partial charge on any atom is 0.310 e. The minimum absolute atomic E-state index is 0.0691. The maximum absolute atomic E-state index is 12.1. The fourth-order valence-electron chi connectivity index (χ4n) is 3.17. The number of hydrogen-bond donors (Lipinski definition) is 1. The zero-order valence-corrected chi connectivity index (χ0v) is 16.9. The van der Waals surface area contributed by atoms with Crippen LogP contribution in [-0.2, 0) is 27.4 Å². The van der Waals surface area contributed by atoms with Gasteiger partial charge in [0.25, 0.3) is 0 Å². The second-order valence-electron chi connectivity index (χ2n) is 6.66. The highest BCUT2D eigenvalue weighted by Gasteiger charge is 2.28. The quantitative estimate of drug-likeness (QED) is 0.430. The smallest absolute Gasteiger partial charge is 0.310 e. The first kappa shape index (κ1) is 21.2. The maximum atomic E-state index is 12.1. The summed E-state index contributed by atoms with van der Waals surface area (Å²) in [6, 6.07) is 8.37. The number of aliphatic imine (C=N–C) groups is 1. The van der Waals surface area contributed by atoms with Crippen molar-refractivity contribution in [3.05, 3.63) is 35.4 Å². The third-order valence-corrected chi connectivity index (χ3v) is 4.58. The van der Waals surface area contributed by atoms with E-state index in [9.17, 15) is 4.79 Å². The van der Waals surface area contributed by atoms with E-state index in [1.54, 1.807) is 0 Å². The van der Waals surface area contributed by atoms with E-state index < -0.39 is 0 Å². The van der Waals surface area contributed by atoms with E-state index in [0.29, 0.717) is 26.3 Å². The topological polar surface area (TPSA) is 63.2 Å². The Hall–Kier alpha value is -2.08. The van der Waals surface area contributed by atoms with Crippen LogP contribution in [0.3, 0.4) is 0 Å². The molecular weight excluding hydrogens is 342 g/mol. The van der Waals surface area contributed by atoms with Gasteiger partial charge in [-0.25, -0.2) is 4.99 Å². The molecule has 27 heavy (non-hydrogen) atoms. The highest BCUT2D eigenvalue weighted by molar-refractivity contribution is 5.81. The van der Waals surface area contributed by atoms with E-state index in [2.05, 4.69) is 41.4 Å². The van der Waals surface area contributed by atoms with E-state index in [1.165, 1.54) is 5.56 Å². The summed E-state index contributed by atoms with van der Waals surface area (Å²) in [6.07, 6.45) is 1.86. The molecule has 1 unspecified atom stereocenters. The van der Waals surface area contributed by atoms with E-state index in [4.69, 9.17) is 14.5 Å². The van der Waals surface area contributed by atoms with Crippen LogP contribution in [0.5, 0.6) is 0 Å². The number of ether oxygens (including phenoxy) is 2. The molecule has 1 aromatic carbocycles. The molecule has 1 aliphatic heterocycles. The lowest BCUT2D eigenvalue weighted by Crippen LogP contribution is -2.48. The number of likely N-dealkylation sites (tertiary alicyclic amines) is 1. The summed E-state index contributed by atoms with van der Waals surface area (Å²) in [5.74, 6) is 0.702. The van der Waals surface area contributed by atoms with E-state index >= 15 is 0 Å². The van der Waals surface area contributed by atoms with Crippen LogP contribution in [0, 0.1) is 5.92 Å². The Morgan fingerprint density at radius 3 is 2.59 bits per heavy atom. The Kier molecular flexibility index (Phi) is 9.11. The molecule has 1 atom stereocenters. The summed E-state index contributed by atoms with van der Waals surface area (Å²) >= 11 is 0. The van der Waals surface area contributed by atoms with Crippen LogP contribution in [0.2, 0.25) is 0 Å². The van der Waals surface area contributed by atoms with E-state index in [-0.39, 0.29) is 11.9 Å². The first-order valence-electron chi connectivity index (χ1n) is 10.0. The van der Waals surface area contributed by atoms with Gasteiger partial charge < -0.3 is 19.7 Å². The summed E-state index contributed by atoms with van der Waals surface area (Å²) in [5.41, 5.74) is 2.33. The molecular formula is C21H33N3O3. The molecule has 150 valence electrons. The minimum atomic E-state index is -0.0945. The van der Waals surface area contributed by atoms with E-state index in [1.807, 2.05) is 13.8 Å². The van der Waals surface area contributed by atoms with Gasteiger partial charge in [-0.2, -0.15) is 0 Å². The van der Waals surface area contributed by atoms with Crippen LogP contribution >= 0.6 is 0 Å². The van der Waals surface area contributed by atoms with Gasteiger partial charge in [0.1, 0.15) is 0 Å². The lowest BCUT2D eigenvalue weighted by Gasteiger charge is -2.34. The second-order valence-corrected chi connectivity index (χ2v) is 6.66. The predicted molar refractivity (Wildman–Crippen MR) is 108 cm³/mol. The van der Waals surface area contributed by atoms with Crippen molar-refractivity contribution < 1.29 is 14.3 Å². The van der Waals surface area contributed by atoms with E-state index in [0.717, 1.165) is 44.1 Å². The number of carbonyl (C=O) groups excluding carboxylic acids is 1. The Morgan fingerprint density at radius 1 is 1.19 bits per heavy atom. The second kappa shape index (κ2) is 11.6. The van der Waals surface area contributed by atoms with Crippen molar-refractivity contribution in [3.8, 4) is 0 Å². The van der Waals surface area contributed by atoms with Gasteiger partial charge in [-0.05, 0) is 44.7 Å². The molecule has 1 N–H and O–H groups in total. The average molecular weight is 376 g/mol. The van der Waals surface area contributed by atoms with Crippen LogP contribution in [0.15, 0.2) is 29.3 Å². The lowest BCUT2D eigenvalue weighted by atomic mass is 9.98. The Bertz CT molecular complexity index is 601. The van der Waals surface area contributed by atoms with Crippen molar-refractivity contribution in [1.82, 2.24) is 10.2 Å². The fourth-order valence-corrected chi connectivity index (χ4v) is 3.17. The predicted octanol–water partition coefficient (Wildman–Crippen LogP) is 2.96. The molecule has 6 nitrogen and oxygen atoms in total. The standard InChI is InChI=1S/C21H33N3O3/c1-4-22-21(24-13-7-8-19(15-24)20(25)27-6-3)23-14-17-9-11-18(12-10-17)16-26-5-2/h9-12,19H,4-8,13-16H2,1-3H3,(H,22,23). The molecule has 6 heteroatoms. The number of hydrogen-bond acceptors (Lipinski definition) is 4. The molecule has 1 saturated heterocycles. The third-order valence-electron chi connectivity index (χ3n) is 4.58. The molecule has 0 saturated carbocycles. The Labute approximate surface area is 162 Å². The van der Waals surface area contributed by atoms with Gasteiger partial charge >= 0.3 is 5.97 Å². The third kappa shape index (κ3) is 6.86. The number of guanidine groups is 1. The molecule has 1 heterocycles. The highest BCUT2D eigenvalue weighted by Crippen LogP contribution is 2.18. The lowest BCUT2D eigenvalue weighted by molar-refractivity contribution is -0.149. The van der Waals surface area contributed by atoms with Crippen LogP contribution in [0.4, 0.5) is 0 Å². The van der Waals surface area contributed by atoms with Gasteiger partial charge in [0.15, 0.2) is 5.96 Å². The number of rotatable bonds is 8. The van der Waals surface area contributed by atoms with Crippen LogP contribution in [-0.4, -0.2) is 49.7 Å². The Balaban J connectivity index is 1.99. The molecule has 0 spiro atoms. The summed E-state index contributed by atoms with van der Waals surface area (Å²) < 4.78 is 10.6. The van der Waals surface area contributed by atoms with Gasteiger partial charge in [-0.1, -0.05) is 24.3 Å².